The van der Waals surface area contributed by atoms with Crippen LogP contribution in [0.1, 0.15) is 49.4 Å². The number of nitrogens with zero attached hydrogens (tertiary/aromatic N) is 2. The van der Waals surface area contributed by atoms with Gasteiger partial charge in [-0.25, -0.2) is 14.2 Å². The number of hydrogen-bond acceptors (Lipinski definition) is 5. The van der Waals surface area contributed by atoms with Gasteiger partial charge in [0.1, 0.15) is 5.82 Å². The monoisotopic (exact) mass is 450 g/mol. The molecule has 0 aliphatic carbocycles. The van der Waals surface area contributed by atoms with Gasteiger partial charge in [-0.1, -0.05) is 61.6 Å². The minimum absolute atomic E-state index is 0.259. The van der Waals surface area contributed by atoms with Gasteiger partial charge in [0.25, 0.3) is 5.56 Å². The number of halogens is 1. The fourth-order valence-electron chi connectivity index (χ4n) is 3.78. The van der Waals surface area contributed by atoms with Crippen molar-refractivity contribution in [3.05, 3.63) is 102 Å². The number of carbonyl (C=O) groups is 1. The van der Waals surface area contributed by atoms with Crippen molar-refractivity contribution in [1.29, 1.82) is 0 Å². The number of hydrogen-bond donors (Lipinski definition) is 0. The van der Waals surface area contributed by atoms with E-state index < -0.39 is 12.0 Å². The lowest BCUT2D eigenvalue weighted by molar-refractivity contribution is -0.136. The molecule has 3 aromatic rings. The van der Waals surface area contributed by atoms with Gasteiger partial charge in [0, 0.05) is 0 Å². The largest absolute Gasteiger partial charge is 0.466 e. The number of ether oxygens (including phenoxy) is 1. The first-order valence-electron chi connectivity index (χ1n) is 10.3. The van der Waals surface area contributed by atoms with Gasteiger partial charge in [0.2, 0.25) is 0 Å². The second kappa shape index (κ2) is 8.67. The maximum Gasteiger partial charge on any atom is 0.338 e. The molecule has 1 atom stereocenters. The molecule has 1 aliphatic rings. The maximum atomic E-state index is 13.4. The van der Waals surface area contributed by atoms with Crippen LogP contribution in [0.25, 0.3) is 6.08 Å². The van der Waals surface area contributed by atoms with E-state index >= 15 is 0 Å². The molecule has 0 saturated heterocycles. The van der Waals surface area contributed by atoms with E-state index in [0.717, 1.165) is 11.1 Å². The van der Waals surface area contributed by atoms with Crippen molar-refractivity contribution in [2.75, 3.05) is 7.11 Å². The van der Waals surface area contributed by atoms with Crippen LogP contribution in [-0.4, -0.2) is 17.6 Å². The van der Waals surface area contributed by atoms with E-state index in [1.54, 1.807) is 29.7 Å². The Morgan fingerprint density at radius 3 is 2.41 bits per heavy atom. The molecule has 0 saturated carbocycles. The average Bonchev–Trinajstić information content (AvgIpc) is 3.08. The van der Waals surface area contributed by atoms with E-state index in [2.05, 4.69) is 18.8 Å². The highest BCUT2D eigenvalue weighted by Gasteiger charge is 2.33. The van der Waals surface area contributed by atoms with Gasteiger partial charge < -0.3 is 4.74 Å². The average molecular weight is 451 g/mol. The lowest BCUT2D eigenvalue weighted by Gasteiger charge is -2.24. The Kier molecular flexibility index (Phi) is 5.93. The van der Waals surface area contributed by atoms with Crippen LogP contribution in [-0.2, 0) is 9.53 Å². The van der Waals surface area contributed by atoms with E-state index in [9.17, 15) is 14.0 Å². The lowest BCUT2D eigenvalue weighted by atomic mass is 9.93. The number of benzene rings is 2. The molecule has 164 valence electrons. The van der Waals surface area contributed by atoms with Gasteiger partial charge in [-0.3, -0.25) is 9.36 Å². The second-order valence-corrected chi connectivity index (χ2v) is 8.96. The summed E-state index contributed by atoms with van der Waals surface area (Å²) < 4.78 is 20.3. The van der Waals surface area contributed by atoms with Crippen molar-refractivity contribution < 1.29 is 13.9 Å². The SMILES string of the molecule is COC(=O)C1=C(C)N=c2s/c(=C/c3ccc(F)cc3)c(=O)n2[C@H]1c1ccc(C(C)C)cc1. The molecular formula is C25H23FN2O3S. The van der Waals surface area contributed by atoms with Crippen LogP contribution in [0.3, 0.4) is 0 Å². The molecule has 0 radical (unpaired) electrons. The molecular weight excluding hydrogens is 427 g/mol. The molecule has 2 aromatic carbocycles. The molecule has 4 rings (SSSR count). The predicted molar refractivity (Wildman–Crippen MR) is 123 cm³/mol. The number of allylic oxidation sites excluding steroid dienone is 1. The molecule has 5 nitrogen and oxygen atoms in total. The highest BCUT2D eigenvalue weighted by atomic mass is 32.1. The van der Waals surface area contributed by atoms with Crippen LogP contribution in [0.2, 0.25) is 0 Å². The number of thiazole rings is 1. The Balaban J connectivity index is 1.93. The van der Waals surface area contributed by atoms with Crippen LogP contribution in [0.4, 0.5) is 4.39 Å². The molecule has 0 N–H and O–H groups in total. The Morgan fingerprint density at radius 1 is 1.16 bits per heavy atom. The van der Waals surface area contributed by atoms with Gasteiger partial charge in [-0.15, -0.1) is 0 Å². The zero-order valence-corrected chi connectivity index (χ0v) is 19.1. The van der Waals surface area contributed by atoms with E-state index in [1.807, 2.05) is 24.3 Å². The Labute approximate surface area is 188 Å². The number of carbonyl (C=O) groups excluding carboxylic acids is 1. The number of methoxy groups -OCH3 is 1. The fourth-order valence-corrected chi connectivity index (χ4v) is 4.83. The van der Waals surface area contributed by atoms with Crippen LogP contribution in [0.5, 0.6) is 0 Å². The summed E-state index contributed by atoms with van der Waals surface area (Å²) >= 11 is 1.24. The second-order valence-electron chi connectivity index (χ2n) is 7.95. The van der Waals surface area contributed by atoms with E-state index in [4.69, 9.17) is 4.74 Å². The number of esters is 1. The minimum Gasteiger partial charge on any atom is -0.466 e. The van der Waals surface area contributed by atoms with Gasteiger partial charge in [0.05, 0.1) is 29.0 Å². The normalized spacial score (nSPS) is 16.2. The zero-order valence-electron chi connectivity index (χ0n) is 18.3. The Bertz CT molecular complexity index is 1380. The summed E-state index contributed by atoms with van der Waals surface area (Å²) in [5, 5.41) is 0. The number of aromatic nitrogens is 1. The molecule has 2 heterocycles. The zero-order chi connectivity index (χ0) is 23.0. The van der Waals surface area contributed by atoms with Crippen LogP contribution >= 0.6 is 11.3 Å². The van der Waals surface area contributed by atoms with E-state index in [-0.39, 0.29) is 11.4 Å². The first-order valence-corrected chi connectivity index (χ1v) is 11.1. The van der Waals surface area contributed by atoms with E-state index in [1.165, 1.54) is 30.6 Å². The lowest BCUT2D eigenvalue weighted by Crippen LogP contribution is -2.39. The topological polar surface area (TPSA) is 60.7 Å². The summed E-state index contributed by atoms with van der Waals surface area (Å²) in [6, 6.07) is 13.2. The highest BCUT2D eigenvalue weighted by molar-refractivity contribution is 7.07. The first kappa shape index (κ1) is 21.9. The molecule has 0 fully saturated rings. The maximum absolute atomic E-state index is 13.4. The third-order valence-electron chi connectivity index (χ3n) is 5.51. The minimum atomic E-state index is -0.643. The molecule has 0 amide bonds. The Hall–Kier alpha value is -3.32. The molecule has 0 bridgehead atoms. The van der Waals surface area contributed by atoms with Crippen molar-refractivity contribution >= 4 is 23.4 Å². The first-order chi connectivity index (χ1) is 15.3. The fraction of sp³-hybridized carbons (Fsp3) is 0.240. The summed E-state index contributed by atoms with van der Waals surface area (Å²) in [7, 11) is 1.32. The van der Waals surface area contributed by atoms with Crippen molar-refractivity contribution in [3.8, 4) is 0 Å². The summed E-state index contributed by atoms with van der Waals surface area (Å²) in [4.78, 5) is 31.2. The highest BCUT2D eigenvalue weighted by Crippen LogP contribution is 2.31. The van der Waals surface area contributed by atoms with Crippen LogP contribution < -0.4 is 14.9 Å². The van der Waals surface area contributed by atoms with Crippen LogP contribution in [0, 0.1) is 5.82 Å². The number of rotatable bonds is 4. The predicted octanol–water partition coefficient (Wildman–Crippen LogP) is 3.67. The van der Waals surface area contributed by atoms with Gasteiger partial charge in [0.15, 0.2) is 4.80 Å². The summed E-state index contributed by atoms with van der Waals surface area (Å²) in [5.74, 6) is -0.497. The molecule has 0 unspecified atom stereocenters. The third-order valence-corrected chi connectivity index (χ3v) is 6.50. The number of fused-ring (bicyclic) bond motifs is 1. The van der Waals surface area contributed by atoms with Gasteiger partial charge in [-0.05, 0) is 47.7 Å². The molecule has 1 aliphatic heterocycles. The van der Waals surface area contributed by atoms with Gasteiger partial charge >= 0.3 is 5.97 Å². The molecule has 1 aromatic heterocycles. The summed E-state index contributed by atoms with van der Waals surface area (Å²) in [6.07, 6.45) is 1.71. The van der Waals surface area contributed by atoms with Crippen molar-refractivity contribution in [2.24, 2.45) is 4.99 Å². The van der Waals surface area contributed by atoms with E-state index in [0.29, 0.717) is 32.1 Å². The Morgan fingerprint density at radius 2 is 1.81 bits per heavy atom. The van der Waals surface area contributed by atoms with Crippen molar-refractivity contribution in [1.82, 2.24) is 4.57 Å². The van der Waals surface area contributed by atoms with Crippen molar-refractivity contribution in [2.45, 2.75) is 32.7 Å². The van der Waals surface area contributed by atoms with Gasteiger partial charge in [-0.2, -0.15) is 0 Å². The summed E-state index contributed by atoms with van der Waals surface area (Å²) in [6.45, 7) is 5.97. The standard InChI is InChI=1S/C25H23FN2O3S/c1-14(2)17-7-9-18(10-8-17)22-21(24(30)31-4)15(3)27-25-28(22)23(29)20(32-25)13-16-5-11-19(26)12-6-16/h5-14,22H,1-4H3/b20-13+/t22-/m0/s1. The molecule has 7 heteroatoms. The summed E-state index contributed by atoms with van der Waals surface area (Å²) in [5.41, 5.74) is 3.27. The third kappa shape index (κ3) is 3.96. The smallest absolute Gasteiger partial charge is 0.338 e. The van der Waals surface area contributed by atoms with Crippen LogP contribution in [0.15, 0.2) is 69.6 Å². The molecule has 0 spiro atoms. The van der Waals surface area contributed by atoms with Crippen molar-refractivity contribution in [3.63, 3.8) is 0 Å². The molecule has 32 heavy (non-hydrogen) atoms. The quantitative estimate of drug-likeness (QED) is 0.570.